The van der Waals surface area contributed by atoms with E-state index in [0.29, 0.717) is 24.3 Å². The van der Waals surface area contributed by atoms with Crippen LogP contribution in [0.15, 0.2) is 48.5 Å². The van der Waals surface area contributed by atoms with Crippen LogP contribution in [0.1, 0.15) is 39.1 Å². The summed E-state index contributed by atoms with van der Waals surface area (Å²) in [6.07, 6.45) is 1.59. The van der Waals surface area contributed by atoms with Crippen LogP contribution in [0.3, 0.4) is 0 Å². The Morgan fingerprint density at radius 2 is 1.56 bits per heavy atom. The summed E-state index contributed by atoms with van der Waals surface area (Å²) in [5.74, 6) is -2.22. The lowest BCUT2D eigenvalue weighted by Gasteiger charge is -2.18. The third-order valence-electron chi connectivity index (χ3n) is 4.67. The van der Waals surface area contributed by atoms with Gasteiger partial charge in [0.25, 0.3) is 11.8 Å². The fraction of sp³-hybridized carbons (Fsp3) is 0.211. The summed E-state index contributed by atoms with van der Waals surface area (Å²) in [6, 6.07) is 12.2. The summed E-state index contributed by atoms with van der Waals surface area (Å²) in [5, 5.41) is 0.539. The highest BCUT2D eigenvalue weighted by Crippen LogP contribution is 2.49. The van der Waals surface area contributed by atoms with Crippen molar-refractivity contribution < 1.29 is 23.6 Å². The van der Waals surface area contributed by atoms with Gasteiger partial charge in [-0.2, -0.15) is 0 Å². The molecule has 0 atom stereocenters. The summed E-state index contributed by atoms with van der Waals surface area (Å²) in [7, 11) is 0. The molecule has 2 amide bonds. The maximum atomic E-state index is 13.0. The van der Waals surface area contributed by atoms with Gasteiger partial charge in [-0.05, 0) is 49.1 Å². The quantitative estimate of drug-likeness (QED) is 0.804. The van der Waals surface area contributed by atoms with Crippen LogP contribution in [0.2, 0.25) is 0 Å². The van der Waals surface area contributed by atoms with Gasteiger partial charge in [-0.15, -0.1) is 0 Å². The second-order valence-corrected chi connectivity index (χ2v) is 6.41. The SMILES string of the molecule is O=C1c2ccccc2C(=O)N1OC(=O)C1(Cc2ccc(F)cc2)CC1. The Morgan fingerprint density at radius 3 is 2.08 bits per heavy atom. The molecule has 2 aromatic rings. The van der Waals surface area contributed by atoms with Crippen LogP contribution in [-0.4, -0.2) is 22.8 Å². The highest BCUT2D eigenvalue weighted by molar-refractivity contribution is 6.20. The molecule has 2 aromatic carbocycles. The average Bonchev–Trinajstić information content (AvgIpc) is 3.37. The minimum absolute atomic E-state index is 0.226. The molecule has 5 nitrogen and oxygen atoms in total. The molecule has 1 heterocycles. The van der Waals surface area contributed by atoms with Gasteiger partial charge >= 0.3 is 5.97 Å². The van der Waals surface area contributed by atoms with Crippen molar-refractivity contribution in [1.82, 2.24) is 5.06 Å². The second kappa shape index (κ2) is 5.51. The summed E-state index contributed by atoms with van der Waals surface area (Å²) >= 11 is 0. The molecule has 1 aliphatic carbocycles. The molecular formula is C19H14FNO4. The smallest absolute Gasteiger partial charge is 0.329 e. The number of fused-ring (bicyclic) bond motifs is 1. The number of imide groups is 1. The predicted molar refractivity (Wildman–Crippen MR) is 84.8 cm³/mol. The minimum Gasteiger partial charge on any atom is -0.329 e. The first-order valence-electron chi connectivity index (χ1n) is 7.95. The molecule has 2 aliphatic rings. The first-order chi connectivity index (χ1) is 12.0. The number of carbonyl (C=O) groups is 3. The van der Waals surface area contributed by atoms with Crippen molar-refractivity contribution in [1.29, 1.82) is 0 Å². The Labute approximate surface area is 143 Å². The van der Waals surface area contributed by atoms with E-state index in [-0.39, 0.29) is 16.9 Å². The maximum Gasteiger partial charge on any atom is 0.339 e. The number of hydroxylamine groups is 2. The highest BCUT2D eigenvalue weighted by atomic mass is 19.1. The maximum absolute atomic E-state index is 13.0. The monoisotopic (exact) mass is 339 g/mol. The topological polar surface area (TPSA) is 63.7 Å². The molecule has 126 valence electrons. The molecule has 0 N–H and O–H groups in total. The highest BCUT2D eigenvalue weighted by Gasteiger charge is 2.53. The Morgan fingerprint density at radius 1 is 1.00 bits per heavy atom. The van der Waals surface area contributed by atoms with Gasteiger partial charge in [0.05, 0.1) is 16.5 Å². The lowest BCUT2D eigenvalue weighted by Crippen LogP contribution is -2.36. The van der Waals surface area contributed by atoms with Gasteiger partial charge in [0.1, 0.15) is 5.82 Å². The van der Waals surface area contributed by atoms with E-state index in [4.69, 9.17) is 4.84 Å². The largest absolute Gasteiger partial charge is 0.339 e. The normalized spacial score (nSPS) is 17.4. The van der Waals surface area contributed by atoms with E-state index in [1.165, 1.54) is 24.3 Å². The van der Waals surface area contributed by atoms with Crippen LogP contribution in [0, 0.1) is 11.2 Å². The number of nitrogens with zero attached hydrogens (tertiary/aromatic N) is 1. The number of halogens is 1. The van der Waals surface area contributed by atoms with Gasteiger partial charge in [0.15, 0.2) is 0 Å². The molecule has 0 bridgehead atoms. The molecule has 1 fully saturated rings. The van der Waals surface area contributed by atoms with Gasteiger partial charge in [0.2, 0.25) is 0 Å². The molecule has 25 heavy (non-hydrogen) atoms. The molecule has 1 saturated carbocycles. The molecule has 0 spiro atoms. The minimum atomic E-state index is -0.757. The zero-order valence-electron chi connectivity index (χ0n) is 13.2. The first kappa shape index (κ1) is 15.5. The van der Waals surface area contributed by atoms with Gasteiger partial charge < -0.3 is 4.84 Å². The number of benzene rings is 2. The Hall–Kier alpha value is -3.02. The number of hydrogen-bond donors (Lipinski definition) is 0. The van der Waals surface area contributed by atoms with Crippen LogP contribution in [0.4, 0.5) is 4.39 Å². The van der Waals surface area contributed by atoms with Crippen molar-refractivity contribution in [3.8, 4) is 0 Å². The van der Waals surface area contributed by atoms with Crippen molar-refractivity contribution in [2.45, 2.75) is 19.3 Å². The Balaban J connectivity index is 1.50. The van der Waals surface area contributed by atoms with E-state index in [2.05, 4.69) is 0 Å². The molecule has 0 unspecified atom stereocenters. The van der Waals surface area contributed by atoms with Crippen LogP contribution in [0.25, 0.3) is 0 Å². The zero-order valence-corrected chi connectivity index (χ0v) is 13.2. The lowest BCUT2D eigenvalue weighted by atomic mass is 9.97. The van der Waals surface area contributed by atoms with Gasteiger partial charge in [-0.25, -0.2) is 9.18 Å². The summed E-state index contributed by atoms with van der Waals surface area (Å²) in [4.78, 5) is 42.3. The average molecular weight is 339 g/mol. The van der Waals surface area contributed by atoms with Crippen molar-refractivity contribution in [3.05, 3.63) is 71.0 Å². The van der Waals surface area contributed by atoms with Gasteiger partial charge in [-0.3, -0.25) is 9.59 Å². The van der Waals surface area contributed by atoms with E-state index < -0.39 is 23.2 Å². The number of carbonyl (C=O) groups excluding carboxylic acids is 3. The first-order valence-corrected chi connectivity index (χ1v) is 7.95. The van der Waals surface area contributed by atoms with Crippen LogP contribution in [0.5, 0.6) is 0 Å². The molecule has 6 heteroatoms. The lowest BCUT2D eigenvalue weighted by molar-refractivity contribution is -0.175. The van der Waals surface area contributed by atoms with Crippen molar-refractivity contribution >= 4 is 17.8 Å². The summed E-state index contributed by atoms with van der Waals surface area (Å²) in [6.45, 7) is 0. The number of hydrogen-bond acceptors (Lipinski definition) is 4. The van der Waals surface area contributed by atoms with E-state index in [0.717, 1.165) is 5.56 Å². The molecule has 0 aromatic heterocycles. The van der Waals surface area contributed by atoms with E-state index in [1.54, 1.807) is 24.3 Å². The third-order valence-corrected chi connectivity index (χ3v) is 4.67. The fourth-order valence-corrected chi connectivity index (χ4v) is 3.03. The number of amides is 2. The Kier molecular flexibility index (Phi) is 3.42. The zero-order chi connectivity index (χ0) is 17.6. The van der Waals surface area contributed by atoms with Gasteiger partial charge in [0, 0.05) is 0 Å². The van der Waals surface area contributed by atoms with E-state index >= 15 is 0 Å². The van der Waals surface area contributed by atoms with Crippen molar-refractivity contribution in [2.24, 2.45) is 5.41 Å². The molecule has 4 rings (SSSR count). The summed E-state index contributed by atoms with van der Waals surface area (Å²) in [5.41, 5.74) is 0.498. The van der Waals surface area contributed by atoms with Crippen LogP contribution >= 0.6 is 0 Å². The molecule has 1 aliphatic heterocycles. The third kappa shape index (κ3) is 2.59. The van der Waals surface area contributed by atoms with E-state index in [1.807, 2.05) is 0 Å². The van der Waals surface area contributed by atoms with Crippen molar-refractivity contribution in [3.63, 3.8) is 0 Å². The Bertz CT molecular complexity index is 852. The van der Waals surface area contributed by atoms with Gasteiger partial charge in [-0.1, -0.05) is 29.3 Å². The van der Waals surface area contributed by atoms with Crippen LogP contribution < -0.4 is 0 Å². The number of rotatable bonds is 4. The van der Waals surface area contributed by atoms with Crippen molar-refractivity contribution in [2.75, 3.05) is 0 Å². The van der Waals surface area contributed by atoms with Crippen LogP contribution in [-0.2, 0) is 16.1 Å². The molecule has 0 radical (unpaired) electrons. The standard InChI is InChI=1S/C19H14FNO4/c20-13-7-5-12(6-8-13)11-19(9-10-19)18(24)25-21-16(22)14-3-1-2-4-15(14)17(21)23/h1-8H,9-11H2. The molecule has 0 saturated heterocycles. The predicted octanol–water partition coefficient (Wildman–Crippen LogP) is 2.90. The second-order valence-electron chi connectivity index (χ2n) is 6.41. The molecular weight excluding hydrogens is 325 g/mol. The fourth-order valence-electron chi connectivity index (χ4n) is 3.03. The van der Waals surface area contributed by atoms with E-state index in [9.17, 15) is 18.8 Å². The summed E-state index contributed by atoms with van der Waals surface area (Å²) < 4.78 is 13.0.